The Hall–Kier alpha value is -3.19. The molecule has 8 heteroatoms. The molecule has 4 aromatic rings. The Morgan fingerprint density at radius 1 is 1.22 bits per heavy atom. The van der Waals surface area contributed by atoms with Crippen LogP contribution in [0.5, 0.6) is 0 Å². The van der Waals surface area contributed by atoms with Gasteiger partial charge in [-0.3, -0.25) is 14.2 Å². The van der Waals surface area contributed by atoms with Gasteiger partial charge in [-0.1, -0.05) is 29.8 Å². The van der Waals surface area contributed by atoms with Crippen molar-refractivity contribution in [2.24, 2.45) is 5.73 Å². The van der Waals surface area contributed by atoms with E-state index >= 15 is 0 Å². The van der Waals surface area contributed by atoms with Crippen LogP contribution in [0.25, 0.3) is 21.9 Å². The first-order chi connectivity index (χ1) is 13.0. The van der Waals surface area contributed by atoms with Crippen LogP contribution in [0, 0.1) is 5.82 Å². The summed E-state index contributed by atoms with van der Waals surface area (Å²) in [5, 5.41) is 0.984. The van der Waals surface area contributed by atoms with Crippen LogP contribution in [0.4, 0.5) is 4.39 Å². The maximum absolute atomic E-state index is 13.7. The highest BCUT2D eigenvalue weighted by molar-refractivity contribution is 6.31. The standard InChI is InChI=1S/C19H14ClFN4O2/c20-14-4-2-1-3-11(14)8-24-10-23-17-13-7-12(21)5-6-15(13)25(9-16(22)26)18(17)19(24)27/h1-7,10H,8-9H2,(H2,22,26). The molecule has 4 rings (SSSR count). The fourth-order valence-corrected chi connectivity index (χ4v) is 3.41. The Morgan fingerprint density at radius 3 is 2.74 bits per heavy atom. The average molecular weight is 385 g/mol. The van der Waals surface area contributed by atoms with Crippen molar-refractivity contribution in [3.8, 4) is 0 Å². The quantitative estimate of drug-likeness (QED) is 0.587. The van der Waals surface area contributed by atoms with Crippen molar-refractivity contribution in [3.05, 3.63) is 75.5 Å². The monoisotopic (exact) mass is 384 g/mol. The van der Waals surface area contributed by atoms with Gasteiger partial charge in [0.1, 0.15) is 23.4 Å². The number of hydrogen-bond acceptors (Lipinski definition) is 3. The van der Waals surface area contributed by atoms with Gasteiger partial charge in [-0.05, 0) is 29.8 Å². The second-order valence-electron chi connectivity index (χ2n) is 6.18. The summed E-state index contributed by atoms with van der Waals surface area (Å²) in [4.78, 5) is 29.0. The van der Waals surface area contributed by atoms with Gasteiger partial charge in [0, 0.05) is 10.4 Å². The number of amides is 1. The minimum Gasteiger partial charge on any atom is -0.368 e. The zero-order valence-electron chi connectivity index (χ0n) is 14.0. The zero-order valence-corrected chi connectivity index (χ0v) is 14.8. The number of fused-ring (bicyclic) bond motifs is 3. The lowest BCUT2D eigenvalue weighted by atomic mass is 10.2. The average Bonchev–Trinajstić information content (AvgIpc) is 2.92. The number of hydrogen-bond donors (Lipinski definition) is 1. The smallest absolute Gasteiger partial charge is 0.278 e. The Kier molecular flexibility index (Phi) is 4.16. The summed E-state index contributed by atoms with van der Waals surface area (Å²) in [6, 6.07) is 11.2. The molecule has 6 nitrogen and oxygen atoms in total. The molecule has 2 heterocycles. The molecule has 1 amide bonds. The molecule has 27 heavy (non-hydrogen) atoms. The fraction of sp³-hybridized carbons (Fsp3) is 0.105. The van der Waals surface area contributed by atoms with Gasteiger partial charge in [-0.2, -0.15) is 0 Å². The van der Waals surface area contributed by atoms with Crippen molar-refractivity contribution in [3.63, 3.8) is 0 Å². The first-order valence-corrected chi connectivity index (χ1v) is 8.52. The number of primary amides is 1. The van der Waals surface area contributed by atoms with Gasteiger partial charge in [0.25, 0.3) is 5.56 Å². The Morgan fingerprint density at radius 2 is 2.00 bits per heavy atom. The van der Waals surface area contributed by atoms with E-state index in [-0.39, 0.29) is 24.2 Å². The van der Waals surface area contributed by atoms with E-state index in [2.05, 4.69) is 4.98 Å². The SMILES string of the molecule is NC(=O)Cn1c2ccc(F)cc2c2ncn(Cc3ccccc3Cl)c(=O)c21. The van der Waals surface area contributed by atoms with Crippen molar-refractivity contribution < 1.29 is 9.18 Å². The molecule has 2 aromatic carbocycles. The summed E-state index contributed by atoms with van der Waals surface area (Å²) in [7, 11) is 0. The summed E-state index contributed by atoms with van der Waals surface area (Å²) < 4.78 is 16.6. The van der Waals surface area contributed by atoms with Crippen LogP contribution in [0.2, 0.25) is 5.02 Å². The fourth-order valence-electron chi connectivity index (χ4n) is 3.22. The predicted octanol–water partition coefficient (Wildman–Crippen LogP) is 2.68. The molecule has 0 saturated heterocycles. The first kappa shape index (κ1) is 17.2. The Bertz CT molecular complexity index is 1260. The molecule has 2 aromatic heterocycles. The number of halogens is 2. The minimum atomic E-state index is -0.612. The van der Waals surface area contributed by atoms with E-state index in [1.807, 2.05) is 12.1 Å². The largest absolute Gasteiger partial charge is 0.368 e. The number of carbonyl (C=O) groups excluding carboxylic acids is 1. The van der Waals surface area contributed by atoms with Gasteiger partial charge >= 0.3 is 0 Å². The molecule has 0 unspecified atom stereocenters. The van der Waals surface area contributed by atoms with E-state index in [9.17, 15) is 14.0 Å². The molecule has 136 valence electrons. The van der Waals surface area contributed by atoms with Gasteiger partial charge in [0.15, 0.2) is 0 Å². The van der Waals surface area contributed by atoms with E-state index in [1.54, 1.807) is 12.1 Å². The minimum absolute atomic E-state index is 0.198. The van der Waals surface area contributed by atoms with Crippen LogP contribution < -0.4 is 11.3 Å². The maximum atomic E-state index is 13.7. The molecule has 0 spiro atoms. The van der Waals surface area contributed by atoms with E-state index in [4.69, 9.17) is 17.3 Å². The normalized spacial score (nSPS) is 11.3. The highest BCUT2D eigenvalue weighted by atomic mass is 35.5. The van der Waals surface area contributed by atoms with Crippen LogP contribution in [-0.4, -0.2) is 20.0 Å². The molecule has 0 aliphatic heterocycles. The van der Waals surface area contributed by atoms with E-state index in [0.717, 1.165) is 5.56 Å². The lowest BCUT2D eigenvalue weighted by Crippen LogP contribution is -2.25. The highest BCUT2D eigenvalue weighted by Gasteiger charge is 2.18. The van der Waals surface area contributed by atoms with Crippen LogP contribution in [0.1, 0.15) is 5.56 Å². The maximum Gasteiger partial charge on any atom is 0.278 e. The van der Waals surface area contributed by atoms with E-state index < -0.39 is 11.7 Å². The molecular weight excluding hydrogens is 371 g/mol. The number of rotatable bonds is 4. The molecule has 0 bridgehead atoms. The predicted molar refractivity (Wildman–Crippen MR) is 101 cm³/mol. The Balaban J connectivity index is 1.99. The third kappa shape index (κ3) is 2.96. The molecular formula is C19H14ClFN4O2. The van der Waals surface area contributed by atoms with Gasteiger partial charge in [-0.15, -0.1) is 0 Å². The summed E-state index contributed by atoms with van der Waals surface area (Å²) in [6.07, 6.45) is 1.40. The number of nitrogens with two attached hydrogens (primary N) is 1. The third-order valence-electron chi connectivity index (χ3n) is 4.40. The second kappa shape index (κ2) is 6.51. The lowest BCUT2D eigenvalue weighted by Gasteiger charge is -2.09. The first-order valence-electron chi connectivity index (χ1n) is 8.14. The van der Waals surface area contributed by atoms with Crippen molar-refractivity contribution in [2.45, 2.75) is 13.1 Å². The molecule has 2 N–H and O–H groups in total. The number of carbonyl (C=O) groups is 1. The number of nitrogens with zero attached hydrogens (tertiary/aromatic N) is 3. The van der Waals surface area contributed by atoms with Crippen LogP contribution in [-0.2, 0) is 17.9 Å². The molecule has 0 saturated carbocycles. The van der Waals surface area contributed by atoms with Crippen LogP contribution in [0.3, 0.4) is 0 Å². The van der Waals surface area contributed by atoms with Crippen molar-refractivity contribution in [1.29, 1.82) is 0 Å². The van der Waals surface area contributed by atoms with Gasteiger partial charge in [-0.25, -0.2) is 9.37 Å². The van der Waals surface area contributed by atoms with Gasteiger partial charge in [0.05, 0.1) is 18.4 Å². The van der Waals surface area contributed by atoms with Crippen molar-refractivity contribution >= 4 is 39.4 Å². The summed E-state index contributed by atoms with van der Waals surface area (Å²) in [5.41, 5.74) is 6.78. The molecule has 0 fully saturated rings. The van der Waals surface area contributed by atoms with Crippen molar-refractivity contribution in [2.75, 3.05) is 0 Å². The van der Waals surface area contributed by atoms with Crippen LogP contribution >= 0.6 is 11.6 Å². The molecule has 0 aliphatic rings. The molecule has 0 aliphatic carbocycles. The van der Waals surface area contributed by atoms with E-state index in [1.165, 1.54) is 33.7 Å². The topological polar surface area (TPSA) is 82.9 Å². The van der Waals surface area contributed by atoms with Gasteiger partial charge in [0.2, 0.25) is 5.91 Å². The lowest BCUT2D eigenvalue weighted by molar-refractivity contribution is -0.118. The summed E-state index contributed by atoms with van der Waals surface area (Å²) in [5.74, 6) is -1.07. The number of benzene rings is 2. The Labute approximate surface area is 157 Å². The van der Waals surface area contributed by atoms with E-state index in [0.29, 0.717) is 21.4 Å². The highest BCUT2D eigenvalue weighted by Crippen LogP contribution is 2.26. The second-order valence-corrected chi connectivity index (χ2v) is 6.59. The molecule has 0 radical (unpaired) electrons. The van der Waals surface area contributed by atoms with Crippen LogP contribution in [0.15, 0.2) is 53.6 Å². The summed E-state index contributed by atoms with van der Waals surface area (Å²) in [6.45, 7) is 0.00651. The number of aromatic nitrogens is 3. The van der Waals surface area contributed by atoms with Crippen molar-refractivity contribution in [1.82, 2.24) is 14.1 Å². The third-order valence-corrected chi connectivity index (χ3v) is 4.77. The molecule has 0 atom stereocenters. The van der Waals surface area contributed by atoms with Gasteiger partial charge < -0.3 is 10.3 Å². The summed E-state index contributed by atoms with van der Waals surface area (Å²) >= 11 is 6.18. The zero-order chi connectivity index (χ0) is 19.1.